The van der Waals surface area contributed by atoms with Crippen LogP contribution >= 0.6 is 63.7 Å². The van der Waals surface area contributed by atoms with Crippen molar-refractivity contribution in [3.63, 3.8) is 0 Å². The highest BCUT2D eigenvalue weighted by molar-refractivity contribution is 9.10. The van der Waals surface area contributed by atoms with Crippen LogP contribution in [0.2, 0.25) is 0 Å². The summed E-state index contributed by atoms with van der Waals surface area (Å²) >= 11 is 11.6. The Bertz CT molecular complexity index is 532. The van der Waals surface area contributed by atoms with E-state index in [9.17, 15) is 29.4 Å². The Morgan fingerprint density at radius 3 is 1.57 bits per heavy atom. The highest BCUT2D eigenvalue weighted by Gasteiger charge is 2.42. The number of ether oxygens (including phenoxy) is 4. The second-order valence-electron chi connectivity index (χ2n) is 4.90. The number of aliphatic hydroxyl groups excluding tert-OH is 2. The zero-order chi connectivity index (χ0) is 21.7. The molecule has 0 heterocycles. The first kappa shape index (κ1) is 27.7. The van der Waals surface area contributed by atoms with Gasteiger partial charge in [-0.2, -0.15) is 0 Å². The lowest BCUT2D eigenvalue weighted by Crippen LogP contribution is -2.53. The topological polar surface area (TPSA) is 146 Å². The van der Waals surface area contributed by atoms with E-state index < -0.39 is 61.5 Å². The molecule has 2 N–H and O–H groups in total. The van der Waals surface area contributed by atoms with Gasteiger partial charge < -0.3 is 29.2 Å². The van der Waals surface area contributed by atoms with Gasteiger partial charge in [-0.05, 0) is 0 Å². The number of carbonyl (C=O) groups excluding carboxylic acids is 4. The summed E-state index contributed by atoms with van der Waals surface area (Å²) < 4.78 is 20.2. The molecule has 0 aromatic heterocycles. The minimum Gasteiger partial charge on any atom is -0.461 e. The Hall–Kier alpha value is -0.280. The first-order chi connectivity index (χ1) is 13.2. The quantitative estimate of drug-likeness (QED) is 0.159. The van der Waals surface area contributed by atoms with Gasteiger partial charge in [0.1, 0.15) is 34.0 Å². The van der Waals surface area contributed by atoms with Crippen LogP contribution in [0, 0.1) is 0 Å². The van der Waals surface area contributed by atoms with Crippen molar-refractivity contribution in [3.8, 4) is 0 Å². The van der Waals surface area contributed by atoms with Gasteiger partial charge in [0.2, 0.25) is 0 Å². The van der Waals surface area contributed by atoms with Crippen LogP contribution in [0.15, 0.2) is 0 Å². The molecule has 0 unspecified atom stereocenters. The summed E-state index contributed by atoms with van der Waals surface area (Å²) in [4.78, 5) is 46.7. The molecule has 0 aliphatic rings. The molecule has 0 saturated heterocycles. The van der Waals surface area contributed by atoms with Crippen LogP contribution in [-0.2, 0) is 38.1 Å². The molecule has 0 rings (SSSR count). The van der Waals surface area contributed by atoms with E-state index >= 15 is 0 Å². The van der Waals surface area contributed by atoms with E-state index in [0.29, 0.717) is 0 Å². The standard InChI is InChI=1S/C14H18Br4O10/c15-1-9(21)25-6-8(26-10(22)2-16)14(28-12(24)4-18)13(7(20)5-19)27-11(23)3-17/h7-8,13-14,19-20H,1-6H2/t7-,8+,13-,14-/m1/s1. The van der Waals surface area contributed by atoms with E-state index in [4.69, 9.17) is 18.9 Å². The van der Waals surface area contributed by atoms with Crippen molar-refractivity contribution in [1.29, 1.82) is 0 Å². The zero-order valence-electron chi connectivity index (χ0n) is 14.2. The van der Waals surface area contributed by atoms with Gasteiger partial charge in [0, 0.05) is 0 Å². The van der Waals surface area contributed by atoms with E-state index in [1.807, 2.05) is 0 Å². The first-order valence-corrected chi connectivity index (χ1v) is 12.0. The van der Waals surface area contributed by atoms with Crippen molar-refractivity contribution in [2.24, 2.45) is 0 Å². The SMILES string of the molecule is O=C(CBr)OC[C@H](OC(=O)CBr)[C@@H](OC(=O)CBr)[C@H](OC(=O)CBr)[C@H](O)CO. The predicted molar refractivity (Wildman–Crippen MR) is 109 cm³/mol. The molecule has 14 heteroatoms. The lowest BCUT2D eigenvalue weighted by atomic mass is 10.0. The van der Waals surface area contributed by atoms with E-state index in [1.54, 1.807) is 0 Å². The lowest BCUT2D eigenvalue weighted by molar-refractivity contribution is -0.199. The largest absolute Gasteiger partial charge is 0.461 e. The second-order valence-corrected chi connectivity index (χ2v) is 7.15. The van der Waals surface area contributed by atoms with Gasteiger partial charge in [0.05, 0.1) is 6.61 Å². The number of aliphatic hydroxyl groups is 2. The van der Waals surface area contributed by atoms with Crippen molar-refractivity contribution in [2.45, 2.75) is 24.4 Å². The summed E-state index contributed by atoms with van der Waals surface area (Å²) in [5.74, 6) is -3.20. The molecule has 0 fully saturated rings. The maximum absolute atomic E-state index is 11.8. The van der Waals surface area contributed by atoms with Crippen molar-refractivity contribution < 1.29 is 48.3 Å². The van der Waals surface area contributed by atoms with Crippen molar-refractivity contribution in [3.05, 3.63) is 0 Å². The number of halogens is 4. The number of hydrogen-bond acceptors (Lipinski definition) is 10. The molecule has 4 atom stereocenters. The van der Waals surface area contributed by atoms with Crippen LogP contribution in [0.3, 0.4) is 0 Å². The van der Waals surface area contributed by atoms with Crippen molar-refractivity contribution >= 4 is 87.6 Å². The maximum atomic E-state index is 11.8. The van der Waals surface area contributed by atoms with Gasteiger partial charge in [-0.3, -0.25) is 19.2 Å². The minimum atomic E-state index is -1.69. The molecule has 0 radical (unpaired) electrons. The molecule has 0 saturated carbocycles. The second kappa shape index (κ2) is 15.5. The number of rotatable bonds is 13. The minimum absolute atomic E-state index is 0.154. The fraction of sp³-hybridized carbons (Fsp3) is 0.714. The Labute approximate surface area is 194 Å². The molecule has 0 amide bonds. The Morgan fingerprint density at radius 1 is 0.714 bits per heavy atom. The Kier molecular flexibility index (Phi) is 15.4. The van der Waals surface area contributed by atoms with E-state index in [0.717, 1.165) is 0 Å². The normalized spacial score (nSPS) is 14.9. The predicted octanol–water partition coefficient (Wildman–Crippen LogP) is 0.198. The van der Waals surface area contributed by atoms with Gasteiger partial charge in [0.25, 0.3) is 0 Å². The molecule has 28 heavy (non-hydrogen) atoms. The van der Waals surface area contributed by atoms with Crippen molar-refractivity contribution in [2.75, 3.05) is 34.5 Å². The lowest BCUT2D eigenvalue weighted by Gasteiger charge is -2.33. The highest BCUT2D eigenvalue weighted by Crippen LogP contribution is 2.19. The average Bonchev–Trinajstić information content (AvgIpc) is 2.71. The molecular formula is C14H18Br4O10. The summed E-state index contributed by atoms with van der Waals surface area (Å²) in [6.45, 7) is -1.42. The smallest absolute Gasteiger partial charge is 0.317 e. The third-order valence-electron chi connectivity index (χ3n) is 2.92. The van der Waals surface area contributed by atoms with Crippen LogP contribution in [0.5, 0.6) is 0 Å². The molecule has 0 aromatic carbocycles. The zero-order valence-corrected chi connectivity index (χ0v) is 20.6. The molecule has 0 aliphatic carbocycles. The van der Waals surface area contributed by atoms with Gasteiger partial charge >= 0.3 is 23.9 Å². The molecule has 10 nitrogen and oxygen atoms in total. The Morgan fingerprint density at radius 2 is 1.14 bits per heavy atom. The molecule has 0 aromatic rings. The van der Waals surface area contributed by atoms with Gasteiger partial charge in [-0.15, -0.1) is 0 Å². The molecular weight excluding hydrogens is 648 g/mol. The summed E-state index contributed by atoms with van der Waals surface area (Å²) in [6, 6.07) is 0. The average molecular weight is 666 g/mol. The third kappa shape index (κ3) is 10.5. The van der Waals surface area contributed by atoms with Gasteiger partial charge in [0.15, 0.2) is 18.3 Å². The van der Waals surface area contributed by atoms with E-state index in [-0.39, 0.29) is 21.3 Å². The van der Waals surface area contributed by atoms with Crippen LogP contribution in [0.25, 0.3) is 0 Å². The van der Waals surface area contributed by atoms with Gasteiger partial charge in [-0.25, -0.2) is 0 Å². The monoisotopic (exact) mass is 662 g/mol. The fourth-order valence-corrected chi connectivity index (χ4v) is 2.36. The summed E-state index contributed by atoms with van der Waals surface area (Å²) in [7, 11) is 0. The Balaban J connectivity index is 5.88. The molecule has 162 valence electrons. The summed E-state index contributed by atoms with van der Waals surface area (Å²) in [5.41, 5.74) is 0. The van der Waals surface area contributed by atoms with Crippen LogP contribution in [0.1, 0.15) is 0 Å². The third-order valence-corrected chi connectivity index (χ3v) is 4.75. The highest BCUT2D eigenvalue weighted by atomic mass is 79.9. The van der Waals surface area contributed by atoms with Gasteiger partial charge in [-0.1, -0.05) is 63.7 Å². The van der Waals surface area contributed by atoms with E-state index in [2.05, 4.69) is 63.7 Å². The first-order valence-electron chi connectivity index (χ1n) is 7.50. The molecule has 0 bridgehead atoms. The number of esters is 4. The summed E-state index contributed by atoms with van der Waals surface area (Å²) in [5, 5.41) is 18.4. The molecule has 0 spiro atoms. The molecule has 0 aliphatic heterocycles. The van der Waals surface area contributed by atoms with Crippen LogP contribution < -0.4 is 0 Å². The van der Waals surface area contributed by atoms with E-state index in [1.165, 1.54) is 0 Å². The number of alkyl halides is 4. The number of hydrogen-bond donors (Lipinski definition) is 2. The van der Waals surface area contributed by atoms with Crippen molar-refractivity contribution in [1.82, 2.24) is 0 Å². The number of carbonyl (C=O) groups is 4. The fourth-order valence-electron chi connectivity index (χ4n) is 1.80. The maximum Gasteiger partial charge on any atom is 0.317 e. The van der Waals surface area contributed by atoms with Crippen LogP contribution in [-0.4, -0.2) is 93.0 Å². The van der Waals surface area contributed by atoms with Crippen LogP contribution in [0.4, 0.5) is 0 Å². The summed E-state index contributed by atoms with van der Waals surface area (Å²) in [6.07, 6.45) is -6.33.